The molecule has 0 saturated heterocycles. The van der Waals surface area contributed by atoms with Crippen LogP contribution in [-0.4, -0.2) is 26.7 Å². The van der Waals surface area contributed by atoms with Crippen LogP contribution in [0.1, 0.15) is 12.0 Å². The van der Waals surface area contributed by atoms with Gasteiger partial charge in [-0.25, -0.2) is 0 Å². The van der Waals surface area contributed by atoms with Crippen LogP contribution in [-0.2, 0) is 9.53 Å². The number of ether oxygens (including phenoxy) is 1. The van der Waals surface area contributed by atoms with E-state index in [1.165, 1.54) is 5.56 Å². The molecule has 0 aliphatic rings. The van der Waals surface area contributed by atoms with E-state index in [-0.39, 0.29) is 0 Å². The van der Waals surface area contributed by atoms with Crippen molar-refractivity contribution in [2.75, 3.05) is 25.3 Å². The summed E-state index contributed by atoms with van der Waals surface area (Å²) in [4.78, 5) is 12.4. The minimum absolute atomic E-state index is 0.511. The molecule has 15 heavy (non-hydrogen) atoms. The minimum atomic E-state index is 0.511. The van der Waals surface area contributed by atoms with Crippen LogP contribution in [0.2, 0.25) is 0 Å². The molecule has 0 amide bonds. The summed E-state index contributed by atoms with van der Waals surface area (Å²) in [5.41, 5.74) is 2.32. The molecule has 1 aromatic carbocycles. The standard InChI is InChI=1S/C12H17NO2/c1-11-4-6-12(7-5-11)13(10-15-2)8-3-9-14/h4-7,9H,3,8,10H2,1-2H3. The number of methoxy groups -OCH3 is 1. The molecule has 82 valence electrons. The number of aldehydes is 1. The van der Waals surface area contributed by atoms with Crippen LogP contribution < -0.4 is 4.90 Å². The molecule has 0 spiro atoms. The van der Waals surface area contributed by atoms with Crippen molar-refractivity contribution in [1.82, 2.24) is 0 Å². The lowest BCUT2D eigenvalue weighted by Gasteiger charge is -2.22. The van der Waals surface area contributed by atoms with Gasteiger partial charge < -0.3 is 14.4 Å². The van der Waals surface area contributed by atoms with Crippen molar-refractivity contribution >= 4 is 12.0 Å². The first kappa shape index (κ1) is 11.7. The maximum absolute atomic E-state index is 10.3. The summed E-state index contributed by atoms with van der Waals surface area (Å²) in [5, 5.41) is 0. The normalized spacial score (nSPS) is 10.0. The number of carbonyl (C=O) groups excluding carboxylic acids is 1. The van der Waals surface area contributed by atoms with Crippen molar-refractivity contribution in [3.05, 3.63) is 29.8 Å². The third kappa shape index (κ3) is 3.72. The van der Waals surface area contributed by atoms with E-state index in [1.807, 2.05) is 17.0 Å². The Balaban J connectivity index is 2.69. The Morgan fingerprint density at radius 1 is 1.33 bits per heavy atom. The molecule has 0 aliphatic heterocycles. The molecule has 0 saturated carbocycles. The molecule has 0 aliphatic carbocycles. The average Bonchev–Trinajstić information content (AvgIpc) is 2.25. The van der Waals surface area contributed by atoms with Crippen LogP contribution in [0.25, 0.3) is 0 Å². The zero-order chi connectivity index (χ0) is 11.1. The molecule has 0 radical (unpaired) electrons. The van der Waals surface area contributed by atoms with Crippen molar-refractivity contribution < 1.29 is 9.53 Å². The van der Waals surface area contributed by atoms with Crippen molar-refractivity contribution in [3.8, 4) is 0 Å². The van der Waals surface area contributed by atoms with Crippen molar-refractivity contribution in [2.24, 2.45) is 0 Å². The second-order valence-electron chi connectivity index (χ2n) is 3.47. The second kappa shape index (κ2) is 6.19. The van der Waals surface area contributed by atoms with Crippen LogP contribution in [0, 0.1) is 6.92 Å². The van der Waals surface area contributed by atoms with Gasteiger partial charge in [-0.1, -0.05) is 17.7 Å². The summed E-state index contributed by atoms with van der Waals surface area (Å²) in [7, 11) is 1.65. The van der Waals surface area contributed by atoms with Gasteiger partial charge in [0.2, 0.25) is 0 Å². The lowest BCUT2D eigenvalue weighted by Crippen LogP contribution is -2.26. The van der Waals surface area contributed by atoms with E-state index in [0.29, 0.717) is 19.7 Å². The number of benzene rings is 1. The maximum Gasteiger partial charge on any atom is 0.121 e. The Kier molecular flexibility index (Phi) is 4.84. The van der Waals surface area contributed by atoms with Crippen LogP contribution in [0.4, 0.5) is 5.69 Å². The van der Waals surface area contributed by atoms with E-state index in [2.05, 4.69) is 19.1 Å². The first-order valence-corrected chi connectivity index (χ1v) is 5.02. The van der Waals surface area contributed by atoms with Crippen LogP contribution in [0.3, 0.4) is 0 Å². The highest BCUT2D eigenvalue weighted by Gasteiger charge is 2.04. The van der Waals surface area contributed by atoms with Gasteiger partial charge in [0.05, 0.1) is 0 Å². The number of rotatable bonds is 6. The highest BCUT2D eigenvalue weighted by atomic mass is 16.5. The SMILES string of the molecule is COCN(CCC=O)c1ccc(C)cc1. The molecule has 0 aromatic heterocycles. The van der Waals surface area contributed by atoms with Crippen LogP contribution >= 0.6 is 0 Å². The number of anilines is 1. The predicted molar refractivity (Wildman–Crippen MR) is 61.1 cm³/mol. The second-order valence-corrected chi connectivity index (χ2v) is 3.47. The average molecular weight is 207 g/mol. The highest BCUT2D eigenvalue weighted by Crippen LogP contribution is 2.14. The molecule has 0 N–H and O–H groups in total. The van der Waals surface area contributed by atoms with Gasteiger partial charge in [0, 0.05) is 25.8 Å². The molecule has 0 heterocycles. The van der Waals surface area contributed by atoms with Gasteiger partial charge in [0.25, 0.3) is 0 Å². The Morgan fingerprint density at radius 3 is 2.53 bits per heavy atom. The molecule has 0 atom stereocenters. The van der Waals surface area contributed by atoms with Gasteiger partial charge in [-0.2, -0.15) is 0 Å². The Bertz CT molecular complexity index is 295. The van der Waals surface area contributed by atoms with Crippen molar-refractivity contribution in [3.63, 3.8) is 0 Å². The van der Waals surface area contributed by atoms with Crippen LogP contribution in [0.15, 0.2) is 24.3 Å². The summed E-state index contributed by atoms with van der Waals surface area (Å²) in [6.07, 6.45) is 1.45. The Labute approximate surface area is 90.7 Å². The van der Waals surface area contributed by atoms with E-state index in [4.69, 9.17) is 4.74 Å². The Morgan fingerprint density at radius 2 is 2.00 bits per heavy atom. The molecule has 0 fully saturated rings. The topological polar surface area (TPSA) is 29.5 Å². The smallest absolute Gasteiger partial charge is 0.121 e. The quantitative estimate of drug-likeness (QED) is 0.528. The van der Waals surface area contributed by atoms with Gasteiger partial charge >= 0.3 is 0 Å². The summed E-state index contributed by atoms with van der Waals surface area (Å²) in [6.45, 7) is 3.26. The first-order chi connectivity index (χ1) is 7.27. The first-order valence-electron chi connectivity index (χ1n) is 5.02. The van der Waals surface area contributed by atoms with Gasteiger partial charge in [-0.3, -0.25) is 0 Å². The predicted octanol–water partition coefficient (Wildman–Crippen LogP) is 1.99. The number of aryl methyl sites for hydroxylation is 1. The summed E-state index contributed by atoms with van der Waals surface area (Å²) in [5.74, 6) is 0. The lowest BCUT2D eigenvalue weighted by molar-refractivity contribution is -0.107. The minimum Gasteiger partial charge on any atom is -0.364 e. The fraction of sp³-hybridized carbons (Fsp3) is 0.417. The maximum atomic E-state index is 10.3. The van der Waals surface area contributed by atoms with Gasteiger partial charge in [-0.15, -0.1) is 0 Å². The van der Waals surface area contributed by atoms with E-state index in [0.717, 1.165) is 12.0 Å². The molecular formula is C12H17NO2. The van der Waals surface area contributed by atoms with Crippen molar-refractivity contribution in [2.45, 2.75) is 13.3 Å². The molecule has 1 rings (SSSR count). The number of nitrogens with zero attached hydrogens (tertiary/aromatic N) is 1. The van der Waals surface area contributed by atoms with Crippen molar-refractivity contribution in [1.29, 1.82) is 0 Å². The van der Waals surface area contributed by atoms with Crippen LogP contribution in [0.5, 0.6) is 0 Å². The fourth-order valence-electron chi connectivity index (χ4n) is 1.39. The molecule has 3 heteroatoms. The van der Waals surface area contributed by atoms with Gasteiger partial charge in [-0.05, 0) is 19.1 Å². The van der Waals surface area contributed by atoms with E-state index >= 15 is 0 Å². The summed E-state index contributed by atoms with van der Waals surface area (Å²) >= 11 is 0. The number of hydrogen-bond acceptors (Lipinski definition) is 3. The molecular weight excluding hydrogens is 190 g/mol. The van der Waals surface area contributed by atoms with E-state index in [1.54, 1.807) is 7.11 Å². The zero-order valence-electron chi connectivity index (χ0n) is 9.27. The number of carbonyl (C=O) groups is 1. The Hall–Kier alpha value is -1.35. The third-order valence-electron chi connectivity index (χ3n) is 2.20. The zero-order valence-corrected chi connectivity index (χ0v) is 9.27. The van der Waals surface area contributed by atoms with Gasteiger partial charge in [0.15, 0.2) is 0 Å². The molecule has 3 nitrogen and oxygen atoms in total. The number of hydrogen-bond donors (Lipinski definition) is 0. The fourth-order valence-corrected chi connectivity index (χ4v) is 1.39. The monoisotopic (exact) mass is 207 g/mol. The van der Waals surface area contributed by atoms with E-state index < -0.39 is 0 Å². The lowest BCUT2D eigenvalue weighted by atomic mass is 10.2. The molecule has 1 aromatic rings. The van der Waals surface area contributed by atoms with E-state index in [9.17, 15) is 4.79 Å². The largest absolute Gasteiger partial charge is 0.364 e. The molecule has 0 bridgehead atoms. The summed E-state index contributed by atoms with van der Waals surface area (Å²) in [6, 6.07) is 8.19. The highest BCUT2D eigenvalue weighted by molar-refractivity contribution is 5.53. The summed E-state index contributed by atoms with van der Waals surface area (Å²) < 4.78 is 5.10. The van der Waals surface area contributed by atoms with Gasteiger partial charge in [0.1, 0.15) is 13.0 Å². The third-order valence-corrected chi connectivity index (χ3v) is 2.20. The molecule has 0 unspecified atom stereocenters.